The Labute approximate surface area is 209 Å². The molecule has 196 valence electrons. The van der Waals surface area contributed by atoms with Crippen molar-refractivity contribution in [3.05, 3.63) is 0 Å². The average Bonchev–Trinajstić information content (AvgIpc) is 3.52. The Morgan fingerprint density at radius 3 is 1.65 bits per heavy atom. The molecule has 11 unspecified atom stereocenters. The fourth-order valence-electron chi connectivity index (χ4n) is 7.29. The molecule has 0 N–H and O–H groups in total. The number of fused-ring (bicyclic) bond motifs is 4. The second-order valence-electron chi connectivity index (χ2n) is 13.4. The third-order valence-corrected chi connectivity index (χ3v) is 10.7. The third-order valence-electron chi connectivity index (χ3n) is 10.7. The maximum Gasteiger partial charge on any atom is 0.309 e. The van der Waals surface area contributed by atoms with Crippen molar-refractivity contribution in [1.29, 1.82) is 0 Å². The quantitative estimate of drug-likeness (QED) is 0.302. The first-order valence-corrected chi connectivity index (χ1v) is 14.2. The van der Waals surface area contributed by atoms with Crippen LogP contribution in [0.3, 0.4) is 0 Å². The van der Waals surface area contributed by atoms with E-state index in [1.807, 2.05) is 6.92 Å². The van der Waals surface area contributed by atoms with Gasteiger partial charge in [-0.2, -0.15) is 0 Å². The first kappa shape index (κ1) is 27.5. The molecular formula is C30H52O4. The molecule has 0 aromatic rings. The van der Waals surface area contributed by atoms with Crippen molar-refractivity contribution in [3.63, 3.8) is 0 Å². The van der Waals surface area contributed by atoms with E-state index in [2.05, 4.69) is 55.4 Å². The van der Waals surface area contributed by atoms with Gasteiger partial charge in [-0.25, -0.2) is 0 Å². The topological polar surface area (TPSA) is 52.6 Å². The maximum atomic E-state index is 12.3. The van der Waals surface area contributed by atoms with Crippen molar-refractivity contribution in [2.45, 2.75) is 107 Å². The average molecular weight is 477 g/mol. The summed E-state index contributed by atoms with van der Waals surface area (Å²) < 4.78 is 11.1. The van der Waals surface area contributed by atoms with Gasteiger partial charge >= 0.3 is 11.9 Å². The largest absolute Gasteiger partial charge is 0.465 e. The van der Waals surface area contributed by atoms with Crippen LogP contribution in [0, 0.1) is 64.6 Å². The highest BCUT2D eigenvalue weighted by Gasteiger charge is 2.52. The van der Waals surface area contributed by atoms with Gasteiger partial charge in [0.25, 0.3) is 0 Å². The van der Waals surface area contributed by atoms with Gasteiger partial charge in [-0.1, -0.05) is 61.8 Å². The molecule has 4 aliphatic carbocycles. The minimum absolute atomic E-state index is 0.00291. The van der Waals surface area contributed by atoms with Gasteiger partial charge < -0.3 is 9.47 Å². The van der Waals surface area contributed by atoms with Gasteiger partial charge in [-0.15, -0.1) is 0 Å². The summed E-state index contributed by atoms with van der Waals surface area (Å²) in [7, 11) is 0. The minimum Gasteiger partial charge on any atom is -0.465 e. The van der Waals surface area contributed by atoms with Gasteiger partial charge in [-0.3, -0.25) is 9.59 Å². The molecule has 0 heterocycles. The lowest BCUT2D eigenvalue weighted by molar-refractivity contribution is -0.161. The zero-order valence-corrected chi connectivity index (χ0v) is 23.4. The van der Waals surface area contributed by atoms with Gasteiger partial charge in [0.1, 0.15) is 6.10 Å². The Hall–Kier alpha value is -1.06. The van der Waals surface area contributed by atoms with Crippen LogP contribution < -0.4 is 0 Å². The Morgan fingerprint density at radius 2 is 1.26 bits per heavy atom. The summed E-state index contributed by atoms with van der Waals surface area (Å²) in [5, 5.41) is 0. The summed E-state index contributed by atoms with van der Waals surface area (Å²) in [5.74, 6) is 6.25. The maximum absolute atomic E-state index is 12.3. The highest BCUT2D eigenvalue weighted by molar-refractivity contribution is 5.74. The number of carbonyl (C=O) groups excluding carboxylic acids is 2. The van der Waals surface area contributed by atoms with Crippen molar-refractivity contribution in [3.8, 4) is 0 Å². The predicted octanol–water partition coefficient (Wildman–Crippen LogP) is 7.15. The molecule has 4 heteroatoms. The lowest BCUT2D eigenvalue weighted by Gasteiger charge is -2.33. The summed E-state index contributed by atoms with van der Waals surface area (Å²) in [5.41, 5.74) is 0.0339. The lowest BCUT2D eigenvalue weighted by atomic mass is 9.76. The zero-order valence-electron chi connectivity index (χ0n) is 23.4. The van der Waals surface area contributed by atoms with E-state index in [-0.39, 0.29) is 35.3 Å². The summed E-state index contributed by atoms with van der Waals surface area (Å²) in [6.07, 6.45) is 6.74. The first-order valence-electron chi connectivity index (χ1n) is 14.2. The summed E-state index contributed by atoms with van der Waals surface area (Å²) in [4.78, 5) is 24.3. The second kappa shape index (κ2) is 10.9. The molecule has 0 saturated heterocycles. The third kappa shape index (κ3) is 5.67. The fraction of sp³-hybridized carbons (Fsp3) is 0.933. The molecule has 4 nitrogen and oxygen atoms in total. The highest BCUT2D eigenvalue weighted by Crippen LogP contribution is 2.56. The Bertz CT molecular complexity index is 705. The van der Waals surface area contributed by atoms with Gasteiger partial charge in [0, 0.05) is 0 Å². The molecule has 4 fully saturated rings. The SMILES string of the molecule is CC1C2CC(C(=O)OC(C)C(C)(C)C)C(C2)C1C.CCCCOC(=O)C1CC2CC1C(C)C2C. The molecule has 4 saturated carbocycles. The van der Waals surface area contributed by atoms with Crippen molar-refractivity contribution >= 4 is 11.9 Å². The van der Waals surface area contributed by atoms with Gasteiger partial charge in [0.15, 0.2) is 0 Å². The lowest BCUT2D eigenvalue weighted by Crippen LogP contribution is -2.35. The number of rotatable bonds is 6. The number of unbranched alkanes of at least 4 members (excludes halogenated alkanes) is 1. The zero-order chi connectivity index (χ0) is 25.4. The molecule has 0 amide bonds. The predicted molar refractivity (Wildman–Crippen MR) is 137 cm³/mol. The van der Waals surface area contributed by atoms with Crippen LogP contribution in [-0.2, 0) is 19.1 Å². The van der Waals surface area contributed by atoms with Gasteiger partial charge in [-0.05, 0) is 91.8 Å². The fourth-order valence-corrected chi connectivity index (χ4v) is 7.29. The minimum atomic E-state index is -0.00291. The normalized spacial score (nSPS) is 41.1. The number of ether oxygens (including phenoxy) is 2. The van der Waals surface area contributed by atoms with Crippen molar-refractivity contribution in [2.24, 2.45) is 64.6 Å². The second-order valence-corrected chi connectivity index (χ2v) is 13.4. The molecule has 11 atom stereocenters. The molecule has 4 rings (SSSR count). The Balaban J connectivity index is 0.000000192. The number of esters is 2. The molecule has 0 aliphatic heterocycles. The van der Waals surface area contributed by atoms with Crippen LogP contribution in [0.25, 0.3) is 0 Å². The molecule has 0 aromatic heterocycles. The van der Waals surface area contributed by atoms with Crippen LogP contribution in [-0.4, -0.2) is 24.6 Å². The number of hydrogen-bond donors (Lipinski definition) is 0. The van der Waals surface area contributed by atoms with Crippen molar-refractivity contribution in [2.75, 3.05) is 6.61 Å². The summed E-state index contributed by atoms with van der Waals surface area (Å²) in [6, 6.07) is 0. The van der Waals surface area contributed by atoms with Crippen LogP contribution in [0.5, 0.6) is 0 Å². The van der Waals surface area contributed by atoms with E-state index in [1.54, 1.807) is 0 Å². The monoisotopic (exact) mass is 476 g/mol. The van der Waals surface area contributed by atoms with E-state index in [4.69, 9.17) is 9.47 Å². The van der Waals surface area contributed by atoms with E-state index in [9.17, 15) is 9.59 Å². The van der Waals surface area contributed by atoms with Crippen LogP contribution in [0.1, 0.15) is 101 Å². The van der Waals surface area contributed by atoms with Gasteiger partial charge in [0.2, 0.25) is 0 Å². The standard InChI is InChI=1S/C16H28O2.C14H24O2/c1-9-10(2)13-7-12(9)8-14(13)15(17)18-11(3)16(4,5)6;1-4-5-6-16-14(15)13-8-11-7-12(13)10(3)9(11)2/h9-14H,7-8H2,1-6H3;9-13H,4-8H2,1-3H3. The highest BCUT2D eigenvalue weighted by atomic mass is 16.5. The summed E-state index contributed by atoms with van der Waals surface area (Å²) >= 11 is 0. The van der Waals surface area contributed by atoms with Crippen LogP contribution in [0.2, 0.25) is 0 Å². The molecule has 0 radical (unpaired) electrons. The molecule has 4 bridgehead atoms. The van der Waals surface area contributed by atoms with Crippen LogP contribution >= 0.6 is 0 Å². The molecular weight excluding hydrogens is 424 g/mol. The van der Waals surface area contributed by atoms with Crippen molar-refractivity contribution < 1.29 is 19.1 Å². The van der Waals surface area contributed by atoms with E-state index in [0.717, 1.165) is 49.4 Å². The van der Waals surface area contributed by atoms with E-state index in [0.29, 0.717) is 30.3 Å². The summed E-state index contributed by atoms with van der Waals surface area (Å²) in [6.45, 7) is 20.4. The molecule has 0 aromatic carbocycles. The number of carbonyl (C=O) groups is 2. The molecule has 0 spiro atoms. The van der Waals surface area contributed by atoms with E-state index < -0.39 is 0 Å². The van der Waals surface area contributed by atoms with Crippen molar-refractivity contribution in [1.82, 2.24) is 0 Å². The Kier molecular flexibility index (Phi) is 8.83. The first-order chi connectivity index (χ1) is 15.9. The molecule has 4 aliphatic rings. The van der Waals surface area contributed by atoms with Crippen LogP contribution in [0.4, 0.5) is 0 Å². The van der Waals surface area contributed by atoms with E-state index in [1.165, 1.54) is 12.8 Å². The molecule has 34 heavy (non-hydrogen) atoms. The smallest absolute Gasteiger partial charge is 0.309 e. The number of hydrogen-bond acceptors (Lipinski definition) is 4. The van der Waals surface area contributed by atoms with Crippen LogP contribution in [0.15, 0.2) is 0 Å². The Morgan fingerprint density at radius 1 is 0.794 bits per heavy atom. The van der Waals surface area contributed by atoms with E-state index >= 15 is 0 Å². The van der Waals surface area contributed by atoms with Gasteiger partial charge in [0.05, 0.1) is 18.4 Å².